The highest BCUT2D eigenvalue weighted by Crippen LogP contribution is 2.44. The first-order valence-electron chi connectivity index (χ1n) is 11.7. The highest BCUT2D eigenvalue weighted by atomic mass is 19.1. The molecular formula is C26H39F. The van der Waals surface area contributed by atoms with Gasteiger partial charge in [0, 0.05) is 0 Å². The fraction of sp³-hybridized carbons (Fsp3) is 0.692. The maximum absolute atomic E-state index is 13.7. The molecule has 0 saturated heterocycles. The second-order valence-corrected chi connectivity index (χ2v) is 9.19. The summed E-state index contributed by atoms with van der Waals surface area (Å²) < 4.78 is 13.7. The molecule has 2 fully saturated rings. The van der Waals surface area contributed by atoms with Gasteiger partial charge in [-0.3, -0.25) is 0 Å². The van der Waals surface area contributed by atoms with Gasteiger partial charge in [0.05, 0.1) is 0 Å². The highest BCUT2D eigenvalue weighted by molar-refractivity contribution is 5.51. The minimum Gasteiger partial charge on any atom is -0.212 e. The zero-order valence-corrected chi connectivity index (χ0v) is 17.6. The van der Waals surface area contributed by atoms with Crippen LogP contribution in [0.3, 0.4) is 0 Å². The fourth-order valence-corrected chi connectivity index (χ4v) is 5.64. The topological polar surface area (TPSA) is 0 Å². The first-order valence-corrected chi connectivity index (χ1v) is 11.7. The van der Waals surface area contributed by atoms with Crippen molar-refractivity contribution in [1.82, 2.24) is 0 Å². The van der Waals surface area contributed by atoms with Crippen LogP contribution < -0.4 is 0 Å². The van der Waals surface area contributed by atoms with Crippen molar-refractivity contribution in [2.45, 2.75) is 96.8 Å². The molecular weight excluding hydrogens is 331 g/mol. The van der Waals surface area contributed by atoms with E-state index in [1.165, 1.54) is 69.8 Å². The van der Waals surface area contributed by atoms with Crippen molar-refractivity contribution < 1.29 is 4.39 Å². The Kier molecular flexibility index (Phi) is 7.97. The van der Waals surface area contributed by atoms with Crippen LogP contribution in [0.15, 0.2) is 30.1 Å². The van der Waals surface area contributed by atoms with E-state index < -0.39 is 0 Å². The predicted octanol–water partition coefficient (Wildman–Crippen LogP) is 8.68. The zero-order chi connectivity index (χ0) is 19.1. The Morgan fingerprint density at radius 3 is 2.00 bits per heavy atom. The third-order valence-electron chi connectivity index (χ3n) is 7.25. The van der Waals surface area contributed by atoms with Gasteiger partial charge in [-0.1, -0.05) is 63.8 Å². The van der Waals surface area contributed by atoms with E-state index in [1.54, 1.807) is 6.08 Å². The minimum atomic E-state index is -0.000541. The summed E-state index contributed by atoms with van der Waals surface area (Å²) in [7, 11) is 0. The van der Waals surface area contributed by atoms with Crippen molar-refractivity contribution in [2.24, 2.45) is 17.8 Å². The lowest BCUT2D eigenvalue weighted by molar-refractivity contribution is 0.156. The first-order chi connectivity index (χ1) is 13.2. The highest BCUT2D eigenvalue weighted by Gasteiger charge is 2.31. The summed E-state index contributed by atoms with van der Waals surface area (Å²) in [5.74, 6) is 3.73. The number of hydrogen-bond donors (Lipinski definition) is 0. The molecule has 0 aliphatic heterocycles. The summed E-state index contributed by atoms with van der Waals surface area (Å²) in [6, 6.07) is 8.69. The van der Waals surface area contributed by atoms with E-state index in [9.17, 15) is 4.39 Å². The maximum atomic E-state index is 13.7. The number of halogens is 1. The standard InChI is InChI=1S/C26H39F/c1-3-5-20-7-11-22(12-8-20)24-15-17-25(18-16-24)23-13-9-21(10-14-23)19-26(27)6-4-2/h9-10,13-14,19-20,22,24-25H,3-8,11-12,15-18H2,1-2H3/b26-19+/t20-,22-,24?,25?. The molecule has 2 aliphatic carbocycles. The molecule has 0 unspecified atom stereocenters. The zero-order valence-electron chi connectivity index (χ0n) is 17.6. The van der Waals surface area contributed by atoms with Crippen LogP contribution in [0.2, 0.25) is 0 Å². The van der Waals surface area contributed by atoms with E-state index in [0.717, 1.165) is 35.7 Å². The summed E-state index contributed by atoms with van der Waals surface area (Å²) in [5.41, 5.74) is 2.47. The van der Waals surface area contributed by atoms with Crippen LogP contribution in [0, 0.1) is 17.8 Å². The van der Waals surface area contributed by atoms with Crippen molar-refractivity contribution in [3.05, 3.63) is 41.2 Å². The molecule has 0 amide bonds. The lowest BCUT2D eigenvalue weighted by Crippen LogP contribution is -2.25. The van der Waals surface area contributed by atoms with Gasteiger partial charge in [0.15, 0.2) is 0 Å². The lowest BCUT2D eigenvalue weighted by Gasteiger charge is -2.38. The van der Waals surface area contributed by atoms with E-state index in [0.29, 0.717) is 6.42 Å². The van der Waals surface area contributed by atoms with E-state index >= 15 is 0 Å². The average Bonchev–Trinajstić information content (AvgIpc) is 2.70. The van der Waals surface area contributed by atoms with Crippen LogP contribution in [-0.2, 0) is 0 Å². The minimum absolute atomic E-state index is 0.000541. The summed E-state index contributed by atoms with van der Waals surface area (Å²) >= 11 is 0. The molecule has 0 nitrogen and oxygen atoms in total. The molecule has 3 rings (SSSR count). The monoisotopic (exact) mass is 370 g/mol. The van der Waals surface area contributed by atoms with E-state index in [2.05, 4.69) is 31.2 Å². The van der Waals surface area contributed by atoms with Gasteiger partial charge in [-0.15, -0.1) is 0 Å². The van der Waals surface area contributed by atoms with Crippen LogP contribution in [-0.4, -0.2) is 0 Å². The molecule has 0 atom stereocenters. The lowest BCUT2D eigenvalue weighted by atomic mass is 9.68. The molecule has 1 aromatic rings. The summed E-state index contributed by atoms with van der Waals surface area (Å²) in [6.45, 7) is 4.35. The quantitative estimate of drug-likeness (QED) is 0.450. The smallest absolute Gasteiger partial charge is 0.100 e. The fourth-order valence-electron chi connectivity index (χ4n) is 5.64. The van der Waals surface area contributed by atoms with Crippen LogP contribution in [0.1, 0.15) is 108 Å². The summed E-state index contributed by atoms with van der Waals surface area (Å²) in [6.07, 6.45) is 17.4. The summed E-state index contributed by atoms with van der Waals surface area (Å²) in [5, 5.41) is 0. The van der Waals surface area contributed by atoms with Gasteiger partial charge in [0.1, 0.15) is 5.83 Å². The average molecular weight is 371 g/mol. The molecule has 0 spiro atoms. The number of benzene rings is 1. The second kappa shape index (κ2) is 10.4. The van der Waals surface area contributed by atoms with Gasteiger partial charge in [0.2, 0.25) is 0 Å². The van der Waals surface area contributed by atoms with Gasteiger partial charge in [-0.05, 0) is 92.2 Å². The molecule has 2 aliphatic rings. The molecule has 150 valence electrons. The Bertz CT molecular complexity index is 569. The van der Waals surface area contributed by atoms with Gasteiger partial charge in [-0.2, -0.15) is 0 Å². The molecule has 2 saturated carbocycles. The van der Waals surface area contributed by atoms with Gasteiger partial charge < -0.3 is 0 Å². The Balaban J connectivity index is 1.47. The number of allylic oxidation sites excluding steroid dienone is 1. The van der Waals surface area contributed by atoms with Crippen LogP contribution >= 0.6 is 0 Å². The van der Waals surface area contributed by atoms with E-state index in [4.69, 9.17) is 0 Å². The molecule has 0 bridgehead atoms. The molecule has 27 heavy (non-hydrogen) atoms. The molecule has 0 heterocycles. The maximum Gasteiger partial charge on any atom is 0.100 e. The summed E-state index contributed by atoms with van der Waals surface area (Å²) in [4.78, 5) is 0. The number of rotatable bonds is 7. The molecule has 1 heteroatoms. The van der Waals surface area contributed by atoms with Crippen molar-refractivity contribution >= 4 is 6.08 Å². The largest absolute Gasteiger partial charge is 0.212 e. The normalized spacial score (nSPS) is 29.7. The van der Waals surface area contributed by atoms with Crippen LogP contribution in [0.4, 0.5) is 4.39 Å². The van der Waals surface area contributed by atoms with Crippen molar-refractivity contribution in [3.63, 3.8) is 0 Å². The van der Waals surface area contributed by atoms with E-state index in [1.807, 2.05) is 6.92 Å². The van der Waals surface area contributed by atoms with Crippen molar-refractivity contribution in [1.29, 1.82) is 0 Å². The van der Waals surface area contributed by atoms with Gasteiger partial charge in [-0.25, -0.2) is 4.39 Å². The Hall–Kier alpha value is -1.11. The third-order valence-corrected chi connectivity index (χ3v) is 7.25. The molecule has 0 aromatic heterocycles. The third kappa shape index (κ3) is 5.93. The molecule has 0 radical (unpaired) electrons. The number of hydrogen-bond acceptors (Lipinski definition) is 0. The van der Waals surface area contributed by atoms with Crippen LogP contribution in [0.5, 0.6) is 0 Å². The predicted molar refractivity (Wildman–Crippen MR) is 115 cm³/mol. The second-order valence-electron chi connectivity index (χ2n) is 9.19. The molecule has 1 aromatic carbocycles. The Morgan fingerprint density at radius 2 is 1.44 bits per heavy atom. The Labute approximate surface area is 166 Å². The van der Waals surface area contributed by atoms with E-state index in [-0.39, 0.29) is 5.83 Å². The van der Waals surface area contributed by atoms with Crippen LogP contribution in [0.25, 0.3) is 6.08 Å². The SMILES string of the molecule is CCC/C(F)=C\c1ccc(C2CCC([C@H]3CC[C@H](CCC)CC3)CC2)cc1. The van der Waals surface area contributed by atoms with Crippen molar-refractivity contribution in [3.8, 4) is 0 Å². The van der Waals surface area contributed by atoms with Gasteiger partial charge in [0.25, 0.3) is 0 Å². The Morgan fingerprint density at radius 1 is 0.852 bits per heavy atom. The van der Waals surface area contributed by atoms with Gasteiger partial charge >= 0.3 is 0 Å². The first kappa shape index (κ1) is 20.6. The van der Waals surface area contributed by atoms with Crippen molar-refractivity contribution in [2.75, 3.05) is 0 Å². The molecule has 0 N–H and O–H groups in total.